The number of carboxylic acids is 1. The quantitative estimate of drug-likeness (QED) is 0.876. The summed E-state index contributed by atoms with van der Waals surface area (Å²) in [4.78, 5) is 14.9. The summed E-state index contributed by atoms with van der Waals surface area (Å²) in [6, 6.07) is 5.86. The van der Waals surface area contributed by atoms with E-state index in [1.165, 1.54) is 13.0 Å². The van der Waals surface area contributed by atoms with E-state index >= 15 is 0 Å². The number of aryl methyl sites for hydroxylation is 1. The van der Waals surface area contributed by atoms with Gasteiger partial charge in [0.05, 0.1) is 16.8 Å². The van der Waals surface area contributed by atoms with Crippen LogP contribution in [0.4, 0.5) is 0 Å². The van der Waals surface area contributed by atoms with E-state index in [1.807, 2.05) is 6.92 Å². The molecule has 112 valence electrons. The van der Waals surface area contributed by atoms with E-state index < -0.39 is 22.0 Å². The van der Waals surface area contributed by atoms with Gasteiger partial charge in [-0.15, -0.1) is 0 Å². The minimum Gasteiger partial charge on any atom is -0.481 e. The van der Waals surface area contributed by atoms with Crippen LogP contribution in [-0.4, -0.2) is 30.5 Å². The number of carbonyl (C=O) groups is 1. The summed E-state index contributed by atoms with van der Waals surface area (Å²) in [5.74, 6) is -1.05. The lowest BCUT2D eigenvalue weighted by molar-refractivity contribution is -0.137. The number of carboxylic acid groups (broad SMARTS) is 1. The highest BCUT2D eigenvalue weighted by molar-refractivity contribution is 7.89. The number of aromatic nitrogens is 1. The van der Waals surface area contributed by atoms with Crippen molar-refractivity contribution < 1.29 is 18.3 Å². The van der Waals surface area contributed by atoms with Gasteiger partial charge in [-0.05, 0) is 37.6 Å². The maximum atomic E-state index is 12.4. The molecule has 1 atom stereocenters. The van der Waals surface area contributed by atoms with Gasteiger partial charge in [-0.2, -0.15) is 0 Å². The van der Waals surface area contributed by atoms with E-state index in [1.54, 1.807) is 24.4 Å². The Morgan fingerprint density at radius 1 is 1.38 bits per heavy atom. The number of rotatable bonds is 5. The molecule has 0 bridgehead atoms. The third-order valence-corrected chi connectivity index (χ3v) is 4.71. The second-order valence-electron chi connectivity index (χ2n) is 4.90. The smallest absolute Gasteiger partial charge is 0.304 e. The number of hydrogen-bond acceptors (Lipinski definition) is 4. The number of pyridine rings is 1. The third-order valence-electron chi connectivity index (χ3n) is 3.06. The Morgan fingerprint density at radius 3 is 2.76 bits per heavy atom. The van der Waals surface area contributed by atoms with Crippen LogP contribution in [-0.2, 0) is 14.8 Å². The molecule has 1 aromatic heterocycles. The predicted octanol–water partition coefficient (Wildman–Crippen LogP) is 1.68. The highest BCUT2D eigenvalue weighted by Gasteiger charge is 2.21. The monoisotopic (exact) mass is 308 g/mol. The van der Waals surface area contributed by atoms with Gasteiger partial charge in [0.1, 0.15) is 0 Å². The molecule has 2 N–H and O–H groups in total. The molecule has 0 saturated heterocycles. The fourth-order valence-corrected chi connectivity index (χ4v) is 3.60. The van der Waals surface area contributed by atoms with Gasteiger partial charge in [-0.3, -0.25) is 9.78 Å². The molecule has 0 saturated carbocycles. The number of nitrogens with one attached hydrogen (secondary N) is 1. The van der Waals surface area contributed by atoms with Crippen molar-refractivity contribution >= 4 is 26.9 Å². The predicted molar refractivity (Wildman–Crippen MR) is 78.5 cm³/mol. The van der Waals surface area contributed by atoms with Crippen LogP contribution in [0.2, 0.25) is 0 Å². The fourth-order valence-electron chi connectivity index (χ4n) is 2.15. The molecule has 21 heavy (non-hydrogen) atoms. The zero-order valence-electron chi connectivity index (χ0n) is 11.7. The summed E-state index contributed by atoms with van der Waals surface area (Å²) in [6.45, 7) is 3.37. The topological polar surface area (TPSA) is 96.4 Å². The number of nitrogens with zero attached hydrogens (tertiary/aromatic N) is 1. The van der Waals surface area contributed by atoms with Crippen LogP contribution in [0.15, 0.2) is 35.4 Å². The molecule has 7 heteroatoms. The average Bonchev–Trinajstić information content (AvgIpc) is 2.37. The molecule has 1 aromatic carbocycles. The Kier molecular flexibility index (Phi) is 4.24. The average molecular weight is 308 g/mol. The lowest BCUT2D eigenvalue weighted by Crippen LogP contribution is -2.34. The summed E-state index contributed by atoms with van der Waals surface area (Å²) >= 11 is 0. The van der Waals surface area contributed by atoms with Crippen LogP contribution in [0.1, 0.15) is 18.9 Å². The summed E-state index contributed by atoms with van der Waals surface area (Å²) in [5, 5.41) is 9.24. The Bertz CT molecular complexity index is 787. The fraction of sp³-hybridized carbons (Fsp3) is 0.286. The zero-order valence-corrected chi connectivity index (χ0v) is 12.5. The molecule has 1 heterocycles. The maximum Gasteiger partial charge on any atom is 0.304 e. The molecule has 1 unspecified atom stereocenters. The van der Waals surface area contributed by atoms with Crippen molar-refractivity contribution in [2.45, 2.75) is 31.2 Å². The molecular weight excluding hydrogens is 292 g/mol. The molecular formula is C14H16N2O4S. The van der Waals surface area contributed by atoms with Gasteiger partial charge in [0, 0.05) is 17.6 Å². The van der Waals surface area contributed by atoms with Crippen molar-refractivity contribution in [3.63, 3.8) is 0 Å². The van der Waals surface area contributed by atoms with E-state index in [-0.39, 0.29) is 11.3 Å². The lowest BCUT2D eigenvalue weighted by Gasteiger charge is -2.14. The maximum absolute atomic E-state index is 12.4. The number of benzene rings is 1. The molecule has 0 aliphatic carbocycles. The first-order valence-corrected chi connectivity index (χ1v) is 7.88. The van der Waals surface area contributed by atoms with Crippen LogP contribution in [0.25, 0.3) is 10.9 Å². The highest BCUT2D eigenvalue weighted by Crippen LogP contribution is 2.24. The van der Waals surface area contributed by atoms with Crippen LogP contribution in [0, 0.1) is 6.92 Å². The molecule has 0 spiro atoms. The first kappa shape index (κ1) is 15.4. The van der Waals surface area contributed by atoms with Gasteiger partial charge in [0.25, 0.3) is 0 Å². The molecule has 0 fully saturated rings. The first-order chi connectivity index (χ1) is 9.81. The van der Waals surface area contributed by atoms with Gasteiger partial charge >= 0.3 is 5.97 Å². The molecule has 6 nitrogen and oxygen atoms in total. The van der Waals surface area contributed by atoms with Crippen molar-refractivity contribution in [1.29, 1.82) is 0 Å². The van der Waals surface area contributed by atoms with E-state index in [0.29, 0.717) is 10.9 Å². The van der Waals surface area contributed by atoms with E-state index in [2.05, 4.69) is 9.71 Å². The van der Waals surface area contributed by atoms with E-state index in [4.69, 9.17) is 5.11 Å². The Balaban J connectivity index is 2.46. The number of hydrogen-bond donors (Lipinski definition) is 2. The molecule has 0 aliphatic heterocycles. The molecule has 2 rings (SSSR count). The van der Waals surface area contributed by atoms with Crippen molar-refractivity contribution in [2.75, 3.05) is 0 Å². The molecule has 2 aromatic rings. The van der Waals surface area contributed by atoms with Crippen molar-refractivity contribution in [3.8, 4) is 0 Å². The lowest BCUT2D eigenvalue weighted by atomic mass is 10.1. The normalized spacial score (nSPS) is 13.2. The van der Waals surface area contributed by atoms with E-state index in [9.17, 15) is 13.2 Å². The summed E-state index contributed by atoms with van der Waals surface area (Å²) in [7, 11) is -3.80. The zero-order chi connectivity index (χ0) is 15.6. The second-order valence-corrected chi connectivity index (χ2v) is 6.58. The largest absolute Gasteiger partial charge is 0.481 e. The SMILES string of the molecule is Cc1ccc(S(=O)(=O)NC(C)CC(=O)O)c2cccnc12. The minimum atomic E-state index is -3.80. The van der Waals surface area contributed by atoms with Crippen LogP contribution < -0.4 is 4.72 Å². The molecule has 0 radical (unpaired) electrons. The van der Waals surface area contributed by atoms with Gasteiger partial charge in [0.2, 0.25) is 10.0 Å². The van der Waals surface area contributed by atoms with Gasteiger partial charge in [0.15, 0.2) is 0 Å². The molecule has 0 aliphatic rings. The first-order valence-electron chi connectivity index (χ1n) is 6.39. The van der Waals surface area contributed by atoms with E-state index in [0.717, 1.165) is 5.56 Å². The highest BCUT2D eigenvalue weighted by atomic mass is 32.2. The number of aliphatic carboxylic acids is 1. The van der Waals surface area contributed by atoms with Crippen molar-refractivity contribution in [1.82, 2.24) is 9.71 Å². The van der Waals surface area contributed by atoms with Crippen molar-refractivity contribution in [2.24, 2.45) is 0 Å². The van der Waals surface area contributed by atoms with Gasteiger partial charge in [-0.25, -0.2) is 13.1 Å². The number of fused-ring (bicyclic) bond motifs is 1. The Labute approximate surface area is 122 Å². The van der Waals surface area contributed by atoms with Crippen molar-refractivity contribution in [3.05, 3.63) is 36.0 Å². The van der Waals surface area contributed by atoms with Gasteiger partial charge < -0.3 is 5.11 Å². The minimum absolute atomic E-state index is 0.105. The van der Waals surface area contributed by atoms with Crippen LogP contribution in [0.3, 0.4) is 0 Å². The van der Waals surface area contributed by atoms with Crippen LogP contribution >= 0.6 is 0 Å². The number of sulfonamides is 1. The van der Waals surface area contributed by atoms with Gasteiger partial charge in [-0.1, -0.05) is 6.07 Å². The summed E-state index contributed by atoms with van der Waals surface area (Å²) in [5.41, 5.74) is 1.49. The molecule has 0 amide bonds. The second kappa shape index (κ2) is 5.79. The van der Waals surface area contributed by atoms with Crippen LogP contribution in [0.5, 0.6) is 0 Å². The summed E-state index contributed by atoms with van der Waals surface area (Å²) < 4.78 is 27.2. The third kappa shape index (κ3) is 3.37. The summed E-state index contributed by atoms with van der Waals surface area (Å²) in [6.07, 6.45) is 1.33. The Hall–Kier alpha value is -1.99. The standard InChI is InChI=1S/C14H16N2O4S/c1-9-5-6-12(11-4-3-7-15-14(9)11)21(19,20)16-10(2)8-13(17)18/h3-7,10,16H,8H2,1-2H3,(H,17,18). The Morgan fingerprint density at radius 2 is 2.10 bits per heavy atom.